The van der Waals surface area contributed by atoms with Gasteiger partial charge in [-0.05, 0) is 19.8 Å². The van der Waals surface area contributed by atoms with Gasteiger partial charge in [-0.25, -0.2) is 0 Å². The molecule has 1 aliphatic heterocycles. The molecule has 2 heterocycles. The second-order valence-corrected chi connectivity index (χ2v) is 3.07. The smallest absolute Gasteiger partial charge is 0.229 e. The van der Waals surface area contributed by atoms with Crippen LogP contribution in [0.25, 0.3) is 0 Å². The molecule has 1 aromatic heterocycles. The Bertz CT molecular complexity index is 254. The Morgan fingerprint density at radius 1 is 1.21 bits per heavy atom. The summed E-state index contributed by atoms with van der Waals surface area (Å²) in [5.74, 6) is 1.91. The number of hydrogen-bond acceptors (Lipinski definition) is 4. The number of ether oxygens (including phenoxy) is 1. The van der Waals surface area contributed by atoms with Gasteiger partial charge in [-0.3, -0.25) is 0 Å². The first kappa shape index (κ1) is 11.2. The number of rotatable bonds is 1. The molecule has 0 unspecified atom stereocenters. The van der Waals surface area contributed by atoms with Crippen molar-refractivity contribution in [3.8, 4) is 0 Å². The summed E-state index contributed by atoms with van der Waals surface area (Å²) in [6, 6.07) is 0. The molecular formula is C10H18N2O2. The van der Waals surface area contributed by atoms with E-state index < -0.39 is 0 Å². The van der Waals surface area contributed by atoms with Gasteiger partial charge in [0.25, 0.3) is 0 Å². The second-order valence-electron chi connectivity index (χ2n) is 3.07. The van der Waals surface area contributed by atoms with E-state index in [1.54, 1.807) is 0 Å². The standard InChI is InChI=1S/C8H12N2O2.C2H6/c1-6-9-8(12-10-6)7-2-4-11-5-3-7;1-2/h7H,2-5H2,1H3;1-2H3. The van der Waals surface area contributed by atoms with Gasteiger partial charge in [0.05, 0.1) is 0 Å². The van der Waals surface area contributed by atoms with E-state index in [0.717, 1.165) is 37.8 Å². The molecule has 2 rings (SSSR count). The third-order valence-electron chi connectivity index (χ3n) is 2.11. The van der Waals surface area contributed by atoms with Gasteiger partial charge < -0.3 is 9.26 Å². The lowest BCUT2D eigenvalue weighted by Crippen LogP contribution is -2.14. The summed E-state index contributed by atoms with van der Waals surface area (Å²) in [6.07, 6.45) is 2.00. The van der Waals surface area contributed by atoms with Crippen molar-refractivity contribution in [1.29, 1.82) is 0 Å². The van der Waals surface area contributed by atoms with Gasteiger partial charge in [-0.2, -0.15) is 4.98 Å². The highest BCUT2D eigenvalue weighted by Gasteiger charge is 2.20. The van der Waals surface area contributed by atoms with Crippen LogP contribution < -0.4 is 0 Å². The summed E-state index contributed by atoms with van der Waals surface area (Å²) < 4.78 is 10.3. The number of aryl methyl sites for hydroxylation is 1. The predicted molar refractivity (Wildman–Crippen MR) is 53.2 cm³/mol. The molecule has 0 aromatic carbocycles. The van der Waals surface area contributed by atoms with Gasteiger partial charge in [-0.15, -0.1) is 0 Å². The maximum absolute atomic E-state index is 5.24. The minimum atomic E-state index is 0.417. The van der Waals surface area contributed by atoms with Crippen LogP contribution in [0.4, 0.5) is 0 Å². The molecule has 0 N–H and O–H groups in total. The van der Waals surface area contributed by atoms with E-state index in [4.69, 9.17) is 9.26 Å². The molecular weight excluding hydrogens is 180 g/mol. The molecule has 0 bridgehead atoms. The van der Waals surface area contributed by atoms with Crippen LogP contribution in [0.15, 0.2) is 4.52 Å². The Morgan fingerprint density at radius 2 is 1.86 bits per heavy atom. The van der Waals surface area contributed by atoms with Crippen LogP contribution in [0, 0.1) is 6.92 Å². The number of nitrogens with zero attached hydrogens (tertiary/aromatic N) is 2. The average molecular weight is 198 g/mol. The molecule has 0 amide bonds. The summed E-state index contributed by atoms with van der Waals surface area (Å²) in [7, 11) is 0. The highest BCUT2D eigenvalue weighted by atomic mass is 16.5. The lowest BCUT2D eigenvalue weighted by molar-refractivity contribution is 0.0778. The van der Waals surface area contributed by atoms with E-state index in [9.17, 15) is 0 Å². The third-order valence-corrected chi connectivity index (χ3v) is 2.11. The van der Waals surface area contributed by atoms with Crippen molar-refractivity contribution in [3.63, 3.8) is 0 Å². The molecule has 0 atom stereocenters. The van der Waals surface area contributed by atoms with Crippen molar-refractivity contribution < 1.29 is 9.26 Å². The fourth-order valence-corrected chi connectivity index (χ4v) is 1.42. The Morgan fingerprint density at radius 3 is 2.36 bits per heavy atom. The van der Waals surface area contributed by atoms with E-state index in [1.807, 2.05) is 20.8 Å². The van der Waals surface area contributed by atoms with Crippen LogP contribution in [-0.4, -0.2) is 23.4 Å². The summed E-state index contributed by atoms with van der Waals surface area (Å²) in [6.45, 7) is 7.46. The molecule has 1 saturated heterocycles. The summed E-state index contributed by atoms with van der Waals surface area (Å²) in [5, 5.41) is 3.76. The van der Waals surface area contributed by atoms with Crippen LogP contribution >= 0.6 is 0 Å². The molecule has 1 aliphatic rings. The van der Waals surface area contributed by atoms with Crippen molar-refractivity contribution in [2.45, 2.75) is 39.5 Å². The summed E-state index contributed by atoms with van der Waals surface area (Å²) >= 11 is 0. The Hall–Kier alpha value is -0.900. The SMILES string of the molecule is CC.Cc1noc(C2CCOCC2)n1. The first-order valence-corrected chi connectivity index (χ1v) is 5.24. The first-order chi connectivity index (χ1) is 6.86. The topological polar surface area (TPSA) is 48.2 Å². The monoisotopic (exact) mass is 198 g/mol. The maximum atomic E-state index is 5.24. The van der Waals surface area contributed by atoms with Crippen LogP contribution in [0.2, 0.25) is 0 Å². The molecule has 80 valence electrons. The van der Waals surface area contributed by atoms with Gasteiger partial charge >= 0.3 is 0 Å². The first-order valence-electron chi connectivity index (χ1n) is 5.24. The molecule has 4 heteroatoms. The van der Waals surface area contributed by atoms with Crippen LogP contribution in [0.1, 0.15) is 44.3 Å². The maximum Gasteiger partial charge on any atom is 0.229 e. The predicted octanol–water partition coefficient (Wildman–Crippen LogP) is 2.30. The zero-order valence-electron chi connectivity index (χ0n) is 9.12. The van der Waals surface area contributed by atoms with E-state index in [2.05, 4.69) is 10.1 Å². The van der Waals surface area contributed by atoms with Crippen LogP contribution in [0.3, 0.4) is 0 Å². The number of hydrogen-bond donors (Lipinski definition) is 0. The fourth-order valence-electron chi connectivity index (χ4n) is 1.42. The quantitative estimate of drug-likeness (QED) is 0.694. The molecule has 1 aromatic rings. The van der Waals surface area contributed by atoms with Gasteiger partial charge in [0.1, 0.15) is 0 Å². The van der Waals surface area contributed by atoms with Crippen molar-refractivity contribution in [2.75, 3.05) is 13.2 Å². The third kappa shape index (κ3) is 2.80. The normalized spacial score (nSPS) is 17.4. The van der Waals surface area contributed by atoms with Crippen molar-refractivity contribution in [2.24, 2.45) is 0 Å². The largest absolute Gasteiger partial charge is 0.381 e. The molecule has 0 spiro atoms. The second kappa shape index (κ2) is 5.75. The van der Waals surface area contributed by atoms with Crippen molar-refractivity contribution >= 4 is 0 Å². The highest BCUT2D eigenvalue weighted by Crippen LogP contribution is 2.24. The lowest BCUT2D eigenvalue weighted by atomic mass is 10.0. The highest BCUT2D eigenvalue weighted by molar-refractivity contribution is 4.93. The molecule has 1 fully saturated rings. The molecule has 14 heavy (non-hydrogen) atoms. The lowest BCUT2D eigenvalue weighted by Gasteiger charge is -2.17. The van der Waals surface area contributed by atoms with E-state index in [0.29, 0.717) is 5.92 Å². The van der Waals surface area contributed by atoms with Gasteiger partial charge in [0, 0.05) is 19.1 Å². The zero-order valence-corrected chi connectivity index (χ0v) is 9.12. The zero-order chi connectivity index (χ0) is 10.4. The van der Waals surface area contributed by atoms with Gasteiger partial charge in [-0.1, -0.05) is 19.0 Å². The average Bonchev–Trinajstić information content (AvgIpc) is 2.69. The van der Waals surface area contributed by atoms with E-state index >= 15 is 0 Å². The molecule has 0 aliphatic carbocycles. The van der Waals surface area contributed by atoms with E-state index in [1.165, 1.54) is 0 Å². The molecule has 0 radical (unpaired) electrons. The summed E-state index contributed by atoms with van der Waals surface area (Å²) in [5.41, 5.74) is 0. The fraction of sp³-hybridized carbons (Fsp3) is 0.800. The molecule has 0 saturated carbocycles. The number of aromatic nitrogens is 2. The van der Waals surface area contributed by atoms with Crippen LogP contribution in [-0.2, 0) is 4.74 Å². The minimum Gasteiger partial charge on any atom is -0.381 e. The van der Waals surface area contributed by atoms with Crippen molar-refractivity contribution in [1.82, 2.24) is 10.1 Å². The molecule has 4 nitrogen and oxygen atoms in total. The minimum absolute atomic E-state index is 0.417. The Balaban J connectivity index is 0.000000461. The Kier molecular flexibility index (Phi) is 4.59. The van der Waals surface area contributed by atoms with Gasteiger partial charge in [0.15, 0.2) is 5.82 Å². The van der Waals surface area contributed by atoms with Crippen molar-refractivity contribution in [3.05, 3.63) is 11.7 Å². The Labute approximate surface area is 84.6 Å². The van der Waals surface area contributed by atoms with Gasteiger partial charge in [0.2, 0.25) is 5.89 Å². The van der Waals surface area contributed by atoms with Crippen LogP contribution in [0.5, 0.6) is 0 Å². The summed E-state index contributed by atoms with van der Waals surface area (Å²) in [4.78, 5) is 4.20. The van der Waals surface area contributed by atoms with E-state index in [-0.39, 0.29) is 0 Å².